The van der Waals surface area contributed by atoms with Crippen molar-refractivity contribution in [3.63, 3.8) is 0 Å². The number of rotatable bonds is 8. The molecule has 1 aliphatic carbocycles. The predicted molar refractivity (Wildman–Crippen MR) is 92.2 cm³/mol. The van der Waals surface area contributed by atoms with Gasteiger partial charge in [-0.2, -0.15) is 0 Å². The molecule has 0 unspecified atom stereocenters. The molecule has 0 aliphatic heterocycles. The highest BCUT2D eigenvalue weighted by molar-refractivity contribution is 7.89. The summed E-state index contributed by atoms with van der Waals surface area (Å²) in [5.74, 6) is -0.213. The second-order valence-corrected chi connectivity index (χ2v) is 7.90. The van der Waals surface area contributed by atoms with Crippen LogP contribution in [0.25, 0.3) is 0 Å². The van der Waals surface area contributed by atoms with Crippen LogP contribution in [-0.4, -0.2) is 40.1 Å². The molecule has 134 valence electrons. The Kier molecular flexibility index (Phi) is 7.20. The Morgan fingerprint density at radius 2 is 1.79 bits per heavy atom. The molecule has 0 spiro atoms. The zero-order chi connectivity index (χ0) is 17.4. The SMILES string of the molecule is Cc1ccc(S(=O)(=O)NCCNC(=O)COC2CCCCC2)cc1. The average molecular weight is 354 g/mol. The third kappa shape index (κ3) is 6.22. The molecule has 6 nitrogen and oxygen atoms in total. The van der Waals surface area contributed by atoms with Crippen molar-refractivity contribution in [3.8, 4) is 0 Å². The quantitative estimate of drug-likeness (QED) is 0.697. The van der Waals surface area contributed by atoms with Gasteiger partial charge in [-0.15, -0.1) is 0 Å². The van der Waals surface area contributed by atoms with E-state index in [1.54, 1.807) is 24.3 Å². The molecule has 0 aromatic heterocycles. The summed E-state index contributed by atoms with van der Waals surface area (Å²) in [6.07, 6.45) is 5.78. The number of sulfonamides is 1. The topological polar surface area (TPSA) is 84.5 Å². The van der Waals surface area contributed by atoms with Crippen molar-refractivity contribution in [1.82, 2.24) is 10.0 Å². The molecule has 1 amide bonds. The van der Waals surface area contributed by atoms with Crippen LogP contribution in [0.4, 0.5) is 0 Å². The van der Waals surface area contributed by atoms with Gasteiger partial charge in [-0.3, -0.25) is 4.79 Å². The Hall–Kier alpha value is -1.44. The van der Waals surface area contributed by atoms with Gasteiger partial charge in [0.1, 0.15) is 6.61 Å². The molecule has 0 atom stereocenters. The molecule has 0 bridgehead atoms. The molecule has 2 N–H and O–H groups in total. The van der Waals surface area contributed by atoms with Crippen molar-refractivity contribution >= 4 is 15.9 Å². The van der Waals surface area contributed by atoms with Crippen LogP contribution in [0.5, 0.6) is 0 Å². The van der Waals surface area contributed by atoms with Gasteiger partial charge < -0.3 is 10.1 Å². The van der Waals surface area contributed by atoms with Crippen LogP contribution >= 0.6 is 0 Å². The number of hydrogen-bond acceptors (Lipinski definition) is 4. The van der Waals surface area contributed by atoms with Crippen LogP contribution in [0.2, 0.25) is 0 Å². The lowest BCUT2D eigenvalue weighted by atomic mass is 9.98. The van der Waals surface area contributed by atoms with E-state index in [0.29, 0.717) is 0 Å². The van der Waals surface area contributed by atoms with Crippen LogP contribution in [0, 0.1) is 6.92 Å². The summed E-state index contributed by atoms with van der Waals surface area (Å²) in [5, 5.41) is 2.66. The third-order valence-corrected chi connectivity index (χ3v) is 5.55. The largest absolute Gasteiger partial charge is 0.368 e. The van der Waals surface area contributed by atoms with E-state index in [9.17, 15) is 13.2 Å². The number of benzene rings is 1. The number of carbonyl (C=O) groups is 1. The van der Waals surface area contributed by atoms with Gasteiger partial charge >= 0.3 is 0 Å². The first kappa shape index (κ1) is 18.9. The number of amides is 1. The molecule has 24 heavy (non-hydrogen) atoms. The van der Waals surface area contributed by atoms with Gasteiger partial charge in [-0.1, -0.05) is 37.0 Å². The van der Waals surface area contributed by atoms with Crippen LogP contribution in [-0.2, 0) is 19.6 Å². The summed E-state index contributed by atoms with van der Waals surface area (Å²) in [6.45, 7) is 2.31. The summed E-state index contributed by atoms with van der Waals surface area (Å²) in [5.41, 5.74) is 0.999. The maximum Gasteiger partial charge on any atom is 0.246 e. The van der Waals surface area contributed by atoms with Crippen molar-refractivity contribution in [2.24, 2.45) is 0 Å². The van der Waals surface area contributed by atoms with Gasteiger partial charge in [0.05, 0.1) is 11.0 Å². The van der Waals surface area contributed by atoms with E-state index in [0.717, 1.165) is 31.2 Å². The molecule has 0 saturated heterocycles. The normalized spacial score (nSPS) is 16.0. The van der Waals surface area contributed by atoms with E-state index >= 15 is 0 Å². The second-order valence-electron chi connectivity index (χ2n) is 6.13. The molecular weight excluding hydrogens is 328 g/mol. The third-order valence-electron chi connectivity index (χ3n) is 4.07. The molecule has 1 aromatic carbocycles. The fraction of sp³-hybridized carbons (Fsp3) is 0.588. The van der Waals surface area contributed by atoms with Gasteiger partial charge in [0.15, 0.2) is 0 Å². The minimum Gasteiger partial charge on any atom is -0.368 e. The Morgan fingerprint density at radius 1 is 1.12 bits per heavy atom. The standard InChI is InChI=1S/C17H26N2O4S/c1-14-7-9-16(10-8-14)24(21,22)19-12-11-18-17(20)13-23-15-5-3-2-4-6-15/h7-10,15,19H,2-6,11-13H2,1H3,(H,18,20). The average Bonchev–Trinajstić information content (AvgIpc) is 2.58. The maximum atomic E-state index is 12.1. The van der Waals surface area contributed by atoms with Gasteiger partial charge in [0, 0.05) is 13.1 Å². The molecular formula is C17H26N2O4S. The zero-order valence-electron chi connectivity index (χ0n) is 14.1. The lowest BCUT2D eigenvalue weighted by Crippen LogP contribution is -2.37. The van der Waals surface area contributed by atoms with Gasteiger partial charge in [-0.05, 0) is 31.9 Å². The Labute approximate surface area is 144 Å². The lowest BCUT2D eigenvalue weighted by Gasteiger charge is -2.21. The Bertz CT molecular complexity index is 622. The van der Waals surface area contributed by atoms with Crippen LogP contribution in [0.15, 0.2) is 29.2 Å². The number of carbonyl (C=O) groups excluding carboxylic acids is 1. The van der Waals surface area contributed by atoms with Crippen molar-refractivity contribution in [2.45, 2.75) is 50.0 Å². The van der Waals surface area contributed by atoms with Crippen molar-refractivity contribution < 1.29 is 17.9 Å². The summed E-state index contributed by atoms with van der Waals surface area (Å²) in [6, 6.07) is 6.63. The smallest absolute Gasteiger partial charge is 0.246 e. The van der Waals surface area contributed by atoms with E-state index in [1.807, 2.05) is 6.92 Å². The number of hydrogen-bond donors (Lipinski definition) is 2. The second kappa shape index (κ2) is 9.15. The highest BCUT2D eigenvalue weighted by Crippen LogP contribution is 2.19. The van der Waals surface area contributed by atoms with Crippen LogP contribution < -0.4 is 10.0 Å². The summed E-state index contributed by atoms with van der Waals surface area (Å²) in [7, 11) is -3.54. The molecule has 1 fully saturated rings. The highest BCUT2D eigenvalue weighted by Gasteiger charge is 2.15. The van der Waals surface area contributed by atoms with E-state index in [4.69, 9.17) is 4.74 Å². The first-order chi connectivity index (χ1) is 11.5. The molecule has 1 aliphatic rings. The first-order valence-electron chi connectivity index (χ1n) is 8.42. The van der Waals surface area contributed by atoms with E-state index in [-0.39, 0.29) is 36.6 Å². The van der Waals surface area contributed by atoms with E-state index in [1.165, 1.54) is 6.42 Å². The van der Waals surface area contributed by atoms with Crippen LogP contribution in [0.3, 0.4) is 0 Å². The predicted octanol–water partition coefficient (Wildman–Crippen LogP) is 1.74. The summed E-state index contributed by atoms with van der Waals surface area (Å²) < 4.78 is 32.2. The number of aryl methyl sites for hydroxylation is 1. The van der Waals surface area contributed by atoms with E-state index in [2.05, 4.69) is 10.0 Å². The van der Waals surface area contributed by atoms with E-state index < -0.39 is 10.0 Å². The fourth-order valence-corrected chi connectivity index (χ4v) is 3.70. The Balaban J connectivity index is 1.64. The van der Waals surface area contributed by atoms with Gasteiger partial charge in [0.2, 0.25) is 15.9 Å². The minimum atomic E-state index is -3.54. The molecule has 0 radical (unpaired) electrons. The van der Waals surface area contributed by atoms with Gasteiger partial charge in [-0.25, -0.2) is 13.1 Å². The Morgan fingerprint density at radius 3 is 2.46 bits per heavy atom. The minimum absolute atomic E-state index is 0.0371. The van der Waals surface area contributed by atoms with Crippen molar-refractivity contribution in [3.05, 3.63) is 29.8 Å². The zero-order valence-corrected chi connectivity index (χ0v) is 14.9. The highest BCUT2D eigenvalue weighted by atomic mass is 32.2. The number of ether oxygens (including phenoxy) is 1. The lowest BCUT2D eigenvalue weighted by molar-refractivity contribution is -0.128. The number of nitrogens with one attached hydrogen (secondary N) is 2. The van der Waals surface area contributed by atoms with Crippen LogP contribution in [0.1, 0.15) is 37.7 Å². The van der Waals surface area contributed by atoms with Gasteiger partial charge in [0.25, 0.3) is 0 Å². The molecule has 2 rings (SSSR count). The fourth-order valence-electron chi connectivity index (χ4n) is 2.66. The first-order valence-corrected chi connectivity index (χ1v) is 9.90. The monoisotopic (exact) mass is 354 g/mol. The molecule has 0 heterocycles. The molecule has 7 heteroatoms. The van der Waals surface area contributed by atoms with Crippen molar-refractivity contribution in [1.29, 1.82) is 0 Å². The summed E-state index contributed by atoms with van der Waals surface area (Å²) >= 11 is 0. The molecule has 1 aromatic rings. The maximum absolute atomic E-state index is 12.1. The van der Waals surface area contributed by atoms with Crippen molar-refractivity contribution in [2.75, 3.05) is 19.7 Å². The summed E-state index contributed by atoms with van der Waals surface area (Å²) in [4.78, 5) is 11.9. The molecule has 1 saturated carbocycles.